The summed E-state index contributed by atoms with van der Waals surface area (Å²) in [4.78, 5) is 0. The van der Waals surface area contributed by atoms with Gasteiger partial charge in [-0.25, -0.2) is 0 Å². The van der Waals surface area contributed by atoms with Crippen molar-refractivity contribution in [1.29, 1.82) is 0 Å². The number of hydrogen-bond acceptors (Lipinski definition) is 1. The Hall–Kier alpha value is -1.57. The van der Waals surface area contributed by atoms with Crippen molar-refractivity contribution in [3.05, 3.63) is 76.8 Å². The van der Waals surface area contributed by atoms with E-state index < -0.39 is 0 Å². The highest BCUT2D eigenvalue weighted by Gasteiger charge is 2.29. The Morgan fingerprint density at radius 3 is 2.33 bits per heavy atom. The molecule has 0 aromatic heterocycles. The minimum absolute atomic E-state index is 0.0671. The van der Waals surface area contributed by atoms with Gasteiger partial charge in [0.1, 0.15) is 0 Å². The van der Waals surface area contributed by atoms with Crippen LogP contribution in [0.25, 0.3) is 5.57 Å². The third-order valence-corrected chi connectivity index (χ3v) is 4.01. The average molecular weight is 299 g/mol. The summed E-state index contributed by atoms with van der Waals surface area (Å²) in [6, 6.07) is 18.5. The van der Waals surface area contributed by atoms with Crippen molar-refractivity contribution >= 4 is 17.2 Å². The highest BCUT2D eigenvalue weighted by Crippen LogP contribution is 2.40. The lowest BCUT2D eigenvalue weighted by atomic mass is 9.89. The van der Waals surface area contributed by atoms with E-state index in [2.05, 4.69) is 56.3 Å². The Morgan fingerprint density at radius 2 is 1.67 bits per heavy atom. The monoisotopic (exact) mass is 298 g/mol. The van der Waals surface area contributed by atoms with Gasteiger partial charge in [0.25, 0.3) is 0 Å². The minimum Gasteiger partial charge on any atom is -0.363 e. The molecule has 0 saturated heterocycles. The van der Waals surface area contributed by atoms with Crippen LogP contribution in [0.15, 0.2) is 60.7 Å². The van der Waals surface area contributed by atoms with Crippen molar-refractivity contribution in [2.24, 2.45) is 0 Å². The molecule has 0 fully saturated rings. The van der Waals surface area contributed by atoms with Crippen LogP contribution in [0.5, 0.6) is 0 Å². The van der Waals surface area contributed by atoms with Crippen molar-refractivity contribution in [2.45, 2.75) is 32.0 Å². The van der Waals surface area contributed by atoms with Gasteiger partial charge in [-0.1, -0.05) is 54.1 Å². The molecule has 2 aromatic rings. The first-order chi connectivity index (χ1) is 10.0. The standard InChI is InChI=1S/C19H19ClO/c1-19(2)13-16(14-6-4-3-5-7-14)12-18(21-19)15-8-10-17(20)11-9-15/h3-11,13,18H,12H2,1-2H3. The van der Waals surface area contributed by atoms with Gasteiger partial charge in [0.15, 0.2) is 0 Å². The lowest BCUT2D eigenvalue weighted by Crippen LogP contribution is -2.28. The maximum Gasteiger partial charge on any atom is 0.0876 e. The van der Waals surface area contributed by atoms with Crippen LogP contribution in [-0.2, 0) is 4.74 Å². The molecule has 2 heteroatoms. The number of benzene rings is 2. The number of rotatable bonds is 2. The Bertz CT molecular complexity index is 641. The first-order valence-electron chi connectivity index (χ1n) is 7.24. The molecule has 0 aliphatic carbocycles. The van der Waals surface area contributed by atoms with E-state index >= 15 is 0 Å². The van der Waals surface area contributed by atoms with Crippen molar-refractivity contribution in [3.8, 4) is 0 Å². The van der Waals surface area contributed by atoms with Crippen molar-refractivity contribution in [1.82, 2.24) is 0 Å². The van der Waals surface area contributed by atoms with Gasteiger partial charge in [-0.3, -0.25) is 0 Å². The van der Waals surface area contributed by atoms with Gasteiger partial charge in [-0.15, -0.1) is 0 Å². The van der Waals surface area contributed by atoms with E-state index in [9.17, 15) is 0 Å². The zero-order valence-electron chi connectivity index (χ0n) is 12.3. The highest BCUT2D eigenvalue weighted by molar-refractivity contribution is 6.30. The summed E-state index contributed by atoms with van der Waals surface area (Å²) in [6.07, 6.45) is 3.18. The molecule has 0 spiro atoms. The fraction of sp³-hybridized carbons (Fsp3) is 0.263. The van der Waals surface area contributed by atoms with Gasteiger partial charge in [-0.05, 0) is 48.8 Å². The van der Waals surface area contributed by atoms with Gasteiger partial charge in [-0.2, -0.15) is 0 Å². The largest absolute Gasteiger partial charge is 0.363 e. The van der Waals surface area contributed by atoms with E-state index in [0.717, 1.165) is 11.4 Å². The smallest absolute Gasteiger partial charge is 0.0876 e. The molecule has 108 valence electrons. The van der Waals surface area contributed by atoms with E-state index in [0.29, 0.717) is 0 Å². The van der Waals surface area contributed by atoms with Crippen LogP contribution in [0.4, 0.5) is 0 Å². The SMILES string of the molecule is CC1(C)C=C(c2ccccc2)CC(c2ccc(Cl)cc2)O1. The Labute approximate surface area is 131 Å². The molecule has 2 aromatic carbocycles. The van der Waals surface area contributed by atoms with Crippen LogP contribution in [0, 0.1) is 0 Å². The van der Waals surface area contributed by atoms with Crippen LogP contribution < -0.4 is 0 Å². The fourth-order valence-electron chi connectivity index (χ4n) is 2.84. The summed E-state index contributed by atoms with van der Waals surface area (Å²) in [6.45, 7) is 4.22. The van der Waals surface area contributed by atoms with E-state index in [1.165, 1.54) is 16.7 Å². The van der Waals surface area contributed by atoms with Crippen LogP contribution in [-0.4, -0.2) is 5.60 Å². The molecule has 0 N–H and O–H groups in total. The van der Waals surface area contributed by atoms with Gasteiger partial charge in [0.05, 0.1) is 11.7 Å². The van der Waals surface area contributed by atoms with Gasteiger partial charge in [0, 0.05) is 11.4 Å². The summed E-state index contributed by atoms with van der Waals surface area (Å²) in [7, 11) is 0. The molecule has 1 aliphatic rings. The number of hydrogen-bond donors (Lipinski definition) is 0. The van der Waals surface area contributed by atoms with Gasteiger partial charge in [0.2, 0.25) is 0 Å². The van der Waals surface area contributed by atoms with E-state index in [4.69, 9.17) is 16.3 Å². The second-order valence-electron chi connectivity index (χ2n) is 6.00. The molecular formula is C19H19ClO. The molecule has 21 heavy (non-hydrogen) atoms. The lowest BCUT2D eigenvalue weighted by Gasteiger charge is -2.35. The molecule has 3 rings (SSSR count). The second-order valence-corrected chi connectivity index (χ2v) is 6.44. The molecular weight excluding hydrogens is 280 g/mol. The van der Waals surface area contributed by atoms with Gasteiger partial charge >= 0.3 is 0 Å². The number of halogens is 1. The molecule has 0 radical (unpaired) electrons. The first-order valence-corrected chi connectivity index (χ1v) is 7.62. The predicted octanol–water partition coefficient (Wildman–Crippen LogP) is 5.66. The third-order valence-electron chi connectivity index (χ3n) is 3.76. The molecule has 1 nitrogen and oxygen atoms in total. The first kappa shape index (κ1) is 14.4. The van der Waals surface area contributed by atoms with Crippen molar-refractivity contribution < 1.29 is 4.74 Å². The van der Waals surface area contributed by atoms with Crippen molar-refractivity contribution in [2.75, 3.05) is 0 Å². The summed E-state index contributed by atoms with van der Waals surface area (Å²) >= 11 is 5.98. The normalized spacial score (nSPS) is 20.9. The summed E-state index contributed by atoms with van der Waals surface area (Å²) in [5, 5.41) is 0.757. The fourth-order valence-corrected chi connectivity index (χ4v) is 2.96. The summed E-state index contributed by atoms with van der Waals surface area (Å²) < 4.78 is 6.23. The Morgan fingerprint density at radius 1 is 1.00 bits per heavy atom. The minimum atomic E-state index is -0.270. The zero-order chi connectivity index (χ0) is 14.9. The highest BCUT2D eigenvalue weighted by atomic mass is 35.5. The average Bonchev–Trinajstić information content (AvgIpc) is 2.47. The van der Waals surface area contributed by atoms with Crippen LogP contribution in [0.2, 0.25) is 5.02 Å². The lowest BCUT2D eigenvalue weighted by molar-refractivity contribution is -0.0476. The maximum atomic E-state index is 6.23. The number of ether oxygens (including phenoxy) is 1. The van der Waals surface area contributed by atoms with Gasteiger partial charge < -0.3 is 4.74 Å². The molecule has 1 heterocycles. The second kappa shape index (κ2) is 5.67. The molecule has 0 saturated carbocycles. The topological polar surface area (TPSA) is 9.23 Å². The van der Waals surface area contributed by atoms with Crippen LogP contribution in [0.3, 0.4) is 0 Å². The molecule has 1 aliphatic heterocycles. The van der Waals surface area contributed by atoms with Crippen LogP contribution >= 0.6 is 11.6 Å². The predicted molar refractivity (Wildman–Crippen MR) is 88.4 cm³/mol. The van der Waals surface area contributed by atoms with Crippen LogP contribution in [0.1, 0.15) is 37.5 Å². The maximum absolute atomic E-state index is 6.23. The van der Waals surface area contributed by atoms with E-state index in [1.54, 1.807) is 0 Å². The Kier molecular flexibility index (Phi) is 3.88. The quantitative estimate of drug-likeness (QED) is 0.694. The molecule has 0 bridgehead atoms. The summed E-state index contributed by atoms with van der Waals surface area (Å²) in [5.41, 5.74) is 3.52. The molecule has 1 unspecified atom stereocenters. The van der Waals surface area contributed by atoms with Crippen molar-refractivity contribution in [3.63, 3.8) is 0 Å². The molecule has 1 atom stereocenters. The zero-order valence-corrected chi connectivity index (χ0v) is 13.1. The summed E-state index contributed by atoms with van der Waals surface area (Å²) in [5.74, 6) is 0. The van der Waals surface area contributed by atoms with E-state index in [-0.39, 0.29) is 11.7 Å². The molecule has 0 amide bonds. The van der Waals surface area contributed by atoms with E-state index in [1.807, 2.05) is 18.2 Å². The Balaban J connectivity index is 1.93. The third kappa shape index (κ3) is 3.37.